The second-order valence-corrected chi connectivity index (χ2v) is 2.79. The molecule has 0 aliphatic carbocycles. The van der Waals surface area contributed by atoms with Gasteiger partial charge in [-0.3, -0.25) is 0 Å². The average Bonchev–Trinajstić information content (AvgIpc) is 1.95. The van der Waals surface area contributed by atoms with Crippen LogP contribution in [0.2, 0.25) is 0 Å². The predicted octanol–water partition coefficient (Wildman–Crippen LogP) is 1.95. The van der Waals surface area contributed by atoms with Gasteiger partial charge < -0.3 is 4.74 Å². The SMILES string of the molecule is CCOc1ncc(C)nc1Br. The van der Waals surface area contributed by atoms with Gasteiger partial charge in [-0.25, -0.2) is 9.97 Å². The minimum Gasteiger partial charge on any atom is -0.476 e. The topological polar surface area (TPSA) is 35.0 Å². The van der Waals surface area contributed by atoms with E-state index in [9.17, 15) is 0 Å². The summed E-state index contributed by atoms with van der Waals surface area (Å²) in [5.74, 6) is 0.554. The second kappa shape index (κ2) is 3.67. The molecule has 0 bridgehead atoms. The van der Waals surface area contributed by atoms with Crippen molar-refractivity contribution in [3.8, 4) is 5.88 Å². The highest BCUT2D eigenvalue weighted by Gasteiger charge is 2.01. The summed E-state index contributed by atoms with van der Waals surface area (Å²) in [6.45, 7) is 4.40. The Morgan fingerprint density at radius 2 is 2.36 bits per heavy atom. The lowest BCUT2D eigenvalue weighted by molar-refractivity contribution is 0.322. The standard InChI is InChI=1S/C7H9BrN2O/c1-3-11-7-6(8)10-5(2)4-9-7/h4H,3H2,1-2H3. The lowest BCUT2D eigenvalue weighted by atomic mass is 10.5. The number of aromatic nitrogens is 2. The van der Waals surface area contributed by atoms with E-state index in [1.807, 2.05) is 13.8 Å². The maximum absolute atomic E-state index is 5.17. The molecule has 0 fully saturated rings. The van der Waals surface area contributed by atoms with Gasteiger partial charge in [0.2, 0.25) is 5.88 Å². The van der Waals surface area contributed by atoms with Crippen LogP contribution in [-0.2, 0) is 0 Å². The predicted molar refractivity (Wildman–Crippen MR) is 45.6 cm³/mol. The number of aryl methyl sites for hydroxylation is 1. The molecule has 11 heavy (non-hydrogen) atoms. The fourth-order valence-electron chi connectivity index (χ4n) is 0.670. The van der Waals surface area contributed by atoms with Crippen LogP contribution in [0.1, 0.15) is 12.6 Å². The van der Waals surface area contributed by atoms with E-state index >= 15 is 0 Å². The first-order valence-corrected chi connectivity index (χ1v) is 4.15. The number of hydrogen-bond donors (Lipinski definition) is 0. The first kappa shape index (κ1) is 8.46. The molecule has 0 spiro atoms. The van der Waals surface area contributed by atoms with Gasteiger partial charge in [0.25, 0.3) is 0 Å². The largest absolute Gasteiger partial charge is 0.476 e. The van der Waals surface area contributed by atoms with Gasteiger partial charge in [-0.1, -0.05) is 0 Å². The molecule has 0 unspecified atom stereocenters. The number of rotatable bonds is 2. The van der Waals surface area contributed by atoms with Crippen LogP contribution in [0.15, 0.2) is 10.8 Å². The van der Waals surface area contributed by atoms with Crippen molar-refractivity contribution in [2.45, 2.75) is 13.8 Å². The Balaban J connectivity index is 2.90. The van der Waals surface area contributed by atoms with Gasteiger partial charge in [-0.2, -0.15) is 0 Å². The van der Waals surface area contributed by atoms with Crippen LogP contribution in [0.4, 0.5) is 0 Å². The molecule has 0 saturated carbocycles. The molecule has 1 rings (SSSR count). The molecule has 1 heterocycles. The first-order valence-electron chi connectivity index (χ1n) is 3.36. The van der Waals surface area contributed by atoms with E-state index in [1.165, 1.54) is 0 Å². The van der Waals surface area contributed by atoms with Gasteiger partial charge in [-0.05, 0) is 29.8 Å². The third kappa shape index (κ3) is 2.15. The van der Waals surface area contributed by atoms with Crippen LogP contribution in [0.5, 0.6) is 5.88 Å². The Kier molecular flexibility index (Phi) is 2.82. The van der Waals surface area contributed by atoms with Crippen molar-refractivity contribution in [3.05, 3.63) is 16.5 Å². The van der Waals surface area contributed by atoms with Crippen molar-refractivity contribution in [1.82, 2.24) is 9.97 Å². The average molecular weight is 217 g/mol. The fraction of sp³-hybridized carbons (Fsp3) is 0.429. The maximum atomic E-state index is 5.17. The Labute approximate surface area is 73.9 Å². The highest BCUT2D eigenvalue weighted by Crippen LogP contribution is 2.18. The summed E-state index contributed by atoms with van der Waals surface area (Å²) in [5, 5.41) is 0. The quantitative estimate of drug-likeness (QED) is 0.759. The summed E-state index contributed by atoms with van der Waals surface area (Å²) in [4.78, 5) is 8.16. The summed E-state index contributed by atoms with van der Waals surface area (Å²) in [5.41, 5.74) is 0.875. The Bertz CT molecular complexity index is 252. The van der Waals surface area contributed by atoms with E-state index in [1.54, 1.807) is 6.20 Å². The first-order chi connectivity index (χ1) is 5.24. The van der Waals surface area contributed by atoms with Crippen LogP contribution in [0.3, 0.4) is 0 Å². The number of hydrogen-bond acceptors (Lipinski definition) is 3. The van der Waals surface area contributed by atoms with Crippen LogP contribution in [-0.4, -0.2) is 16.6 Å². The van der Waals surface area contributed by atoms with Crippen molar-refractivity contribution in [1.29, 1.82) is 0 Å². The lowest BCUT2D eigenvalue weighted by Crippen LogP contribution is -1.97. The normalized spacial score (nSPS) is 9.73. The molecular formula is C7H9BrN2O. The number of nitrogens with zero attached hydrogens (tertiary/aromatic N) is 2. The van der Waals surface area contributed by atoms with Crippen molar-refractivity contribution in [3.63, 3.8) is 0 Å². The highest BCUT2D eigenvalue weighted by molar-refractivity contribution is 9.10. The monoisotopic (exact) mass is 216 g/mol. The number of halogens is 1. The van der Waals surface area contributed by atoms with E-state index in [0.29, 0.717) is 17.1 Å². The maximum Gasteiger partial charge on any atom is 0.247 e. The van der Waals surface area contributed by atoms with Gasteiger partial charge >= 0.3 is 0 Å². The zero-order valence-electron chi connectivity index (χ0n) is 6.47. The molecule has 0 N–H and O–H groups in total. The molecule has 0 aromatic carbocycles. The molecule has 0 aliphatic heterocycles. The van der Waals surface area contributed by atoms with Crippen molar-refractivity contribution >= 4 is 15.9 Å². The second-order valence-electron chi connectivity index (χ2n) is 2.04. The Morgan fingerprint density at radius 3 is 2.91 bits per heavy atom. The minimum atomic E-state index is 0.554. The molecule has 3 nitrogen and oxygen atoms in total. The zero-order valence-corrected chi connectivity index (χ0v) is 8.05. The van der Waals surface area contributed by atoms with Gasteiger partial charge in [0.15, 0.2) is 4.60 Å². The van der Waals surface area contributed by atoms with Crippen molar-refractivity contribution in [2.24, 2.45) is 0 Å². The molecular weight excluding hydrogens is 208 g/mol. The minimum absolute atomic E-state index is 0.554. The fourth-order valence-corrected chi connectivity index (χ4v) is 1.17. The van der Waals surface area contributed by atoms with Crippen molar-refractivity contribution in [2.75, 3.05) is 6.61 Å². The lowest BCUT2D eigenvalue weighted by Gasteiger charge is -2.02. The van der Waals surface area contributed by atoms with Crippen LogP contribution in [0, 0.1) is 6.92 Å². The van der Waals surface area contributed by atoms with Gasteiger partial charge in [0, 0.05) is 0 Å². The van der Waals surface area contributed by atoms with Crippen LogP contribution >= 0.6 is 15.9 Å². The summed E-state index contributed by atoms with van der Waals surface area (Å²) in [6, 6.07) is 0. The highest BCUT2D eigenvalue weighted by atomic mass is 79.9. The Morgan fingerprint density at radius 1 is 1.64 bits per heavy atom. The molecule has 0 radical (unpaired) electrons. The van der Waals surface area contributed by atoms with Gasteiger partial charge in [-0.15, -0.1) is 0 Å². The third-order valence-electron chi connectivity index (χ3n) is 1.10. The molecule has 0 aliphatic rings. The molecule has 0 saturated heterocycles. The summed E-state index contributed by atoms with van der Waals surface area (Å²) < 4.78 is 5.84. The third-order valence-corrected chi connectivity index (χ3v) is 1.62. The van der Waals surface area contributed by atoms with Crippen LogP contribution < -0.4 is 4.74 Å². The molecule has 0 atom stereocenters. The van der Waals surface area contributed by atoms with E-state index in [4.69, 9.17) is 4.74 Å². The number of ether oxygens (including phenoxy) is 1. The summed E-state index contributed by atoms with van der Waals surface area (Å²) >= 11 is 3.25. The molecule has 1 aromatic heterocycles. The molecule has 60 valence electrons. The van der Waals surface area contributed by atoms with Gasteiger partial charge in [0.05, 0.1) is 18.5 Å². The van der Waals surface area contributed by atoms with Crippen molar-refractivity contribution < 1.29 is 4.74 Å². The molecule has 1 aromatic rings. The van der Waals surface area contributed by atoms with E-state index in [2.05, 4.69) is 25.9 Å². The molecule has 4 heteroatoms. The molecule has 0 amide bonds. The Hall–Kier alpha value is -0.640. The summed E-state index contributed by atoms with van der Waals surface area (Å²) in [6.07, 6.45) is 1.68. The van der Waals surface area contributed by atoms with E-state index in [-0.39, 0.29) is 0 Å². The summed E-state index contributed by atoms with van der Waals surface area (Å²) in [7, 11) is 0. The van der Waals surface area contributed by atoms with Crippen LogP contribution in [0.25, 0.3) is 0 Å². The smallest absolute Gasteiger partial charge is 0.247 e. The van der Waals surface area contributed by atoms with E-state index < -0.39 is 0 Å². The van der Waals surface area contributed by atoms with Gasteiger partial charge in [0.1, 0.15) is 0 Å². The zero-order chi connectivity index (χ0) is 8.27. The van der Waals surface area contributed by atoms with E-state index in [0.717, 1.165) is 5.69 Å².